The van der Waals surface area contributed by atoms with Gasteiger partial charge in [-0.2, -0.15) is 0 Å². The van der Waals surface area contributed by atoms with E-state index in [1.165, 1.54) is 11.3 Å². The summed E-state index contributed by atoms with van der Waals surface area (Å²) in [5, 5.41) is 0. The van der Waals surface area contributed by atoms with E-state index in [-0.39, 0.29) is 31.1 Å². The number of benzene rings is 2. The first-order valence-corrected chi connectivity index (χ1v) is 11.1. The third kappa shape index (κ3) is 4.32. The Kier molecular flexibility index (Phi) is 6.01. The molecule has 2 heterocycles. The molecule has 0 saturated carbocycles. The number of ketones is 1. The minimum atomic E-state index is -0.557. The molecule has 1 amide bonds. The number of nitrogens with zero attached hydrogens (tertiary/aromatic N) is 1. The monoisotopic (exact) mass is 437 g/mol. The number of ether oxygens (including phenoxy) is 1. The van der Waals surface area contributed by atoms with Crippen LogP contribution in [0.2, 0.25) is 0 Å². The van der Waals surface area contributed by atoms with Gasteiger partial charge in [0.25, 0.3) is 5.91 Å². The summed E-state index contributed by atoms with van der Waals surface area (Å²) in [6, 6.07) is 18.9. The van der Waals surface area contributed by atoms with Gasteiger partial charge in [-0.15, -0.1) is 11.3 Å². The summed E-state index contributed by atoms with van der Waals surface area (Å²) in [5.41, 5.74) is 1.54. The van der Waals surface area contributed by atoms with Crippen LogP contribution < -0.4 is 4.90 Å². The van der Waals surface area contributed by atoms with Crippen molar-refractivity contribution >= 4 is 52.1 Å². The van der Waals surface area contributed by atoms with Gasteiger partial charge in [-0.05, 0) is 43.3 Å². The van der Waals surface area contributed by atoms with Gasteiger partial charge in [0, 0.05) is 21.1 Å². The Bertz CT molecular complexity index is 1080. The lowest BCUT2D eigenvalue weighted by Gasteiger charge is -2.30. The smallest absolute Gasteiger partial charge is 0.306 e. The van der Waals surface area contributed by atoms with Crippen molar-refractivity contribution in [2.24, 2.45) is 0 Å². The highest BCUT2D eigenvalue weighted by Gasteiger charge is 2.28. The Hall–Kier alpha value is -2.90. The summed E-state index contributed by atoms with van der Waals surface area (Å²) in [6.07, 6.45) is 0.0189. The molecular weight excluding hydrogens is 418 g/mol. The zero-order valence-electron chi connectivity index (χ0n) is 16.3. The maximum Gasteiger partial charge on any atom is 0.306 e. The minimum Gasteiger partial charge on any atom is -0.456 e. The van der Waals surface area contributed by atoms with Crippen molar-refractivity contribution < 1.29 is 19.1 Å². The molecule has 4 rings (SSSR count). The average Bonchev–Trinajstić information content (AvgIpc) is 3.20. The molecule has 1 aliphatic rings. The molecule has 0 spiro atoms. The van der Waals surface area contributed by atoms with Crippen LogP contribution in [0.15, 0.2) is 70.5 Å². The van der Waals surface area contributed by atoms with Gasteiger partial charge in [-0.3, -0.25) is 19.3 Å². The molecule has 0 N–H and O–H groups in total. The Labute approximate surface area is 182 Å². The summed E-state index contributed by atoms with van der Waals surface area (Å²) in [4.78, 5) is 42.4. The molecule has 1 aromatic heterocycles. The highest BCUT2D eigenvalue weighted by molar-refractivity contribution is 7.99. The minimum absolute atomic E-state index is 0.0495. The van der Waals surface area contributed by atoms with E-state index in [2.05, 4.69) is 0 Å². The van der Waals surface area contributed by atoms with Crippen LogP contribution in [0.5, 0.6) is 0 Å². The largest absolute Gasteiger partial charge is 0.456 e. The van der Waals surface area contributed by atoms with Crippen LogP contribution in [0.25, 0.3) is 0 Å². The lowest BCUT2D eigenvalue weighted by molar-refractivity contribution is -0.147. The first-order chi connectivity index (χ1) is 14.5. The number of anilines is 2. The molecule has 0 aliphatic carbocycles. The number of Topliss-reactive ketones (excluding diaryl/α,β-unsaturated/α-hetero) is 1. The topological polar surface area (TPSA) is 63.7 Å². The molecule has 0 atom stereocenters. The number of thiophene rings is 1. The highest BCUT2D eigenvalue weighted by Crippen LogP contribution is 2.47. The van der Waals surface area contributed by atoms with E-state index in [1.54, 1.807) is 22.7 Å². The molecule has 5 nitrogen and oxygen atoms in total. The maximum atomic E-state index is 13.0. The van der Waals surface area contributed by atoms with Crippen LogP contribution in [0.1, 0.15) is 27.4 Å². The van der Waals surface area contributed by atoms with Gasteiger partial charge >= 0.3 is 5.97 Å². The van der Waals surface area contributed by atoms with E-state index in [1.807, 2.05) is 61.5 Å². The molecule has 0 saturated heterocycles. The number of aryl methyl sites for hydroxylation is 1. The van der Waals surface area contributed by atoms with Gasteiger partial charge in [0.05, 0.1) is 22.7 Å². The second kappa shape index (κ2) is 8.85. The van der Waals surface area contributed by atoms with Crippen molar-refractivity contribution in [2.75, 3.05) is 11.5 Å². The highest BCUT2D eigenvalue weighted by atomic mass is 32.2. The number of rotatable bonds is 6. The second-order valence-corrected chi connectivity index (χ2v) is 9.13. The summed E-state index contributed by atoms with van der Waals surface area (Å²) in [5.74, 6) is -0.978. The third-order valence-electron chi connectivity index (χ3n) is 4.61. The van der Waals surface area contributed by atoms with Crippen molar-refractivity contribution in [1.82, 2.24) is 0 Å². The number of carbonyl (C=O) groups excluding carboxylic acids is 3. The Balaban J connectivity index is 1.39. The van der Waals surface area contributed by atoms with Crippen LogP contribution in [-0.4, -0.2) is 24.3 Å². The molecule has 3 aromatic rings. The van der Waals surface area contributed by atoms with E-state index >= 15 is 0 Å². The second-order valence-electron chi connectivity index (χ2n) is 6.76. The molecule has 0 unspecified atom stereocenters. The summed E-state index contributed by atoms with van der Waals surface area (Å²) in [6.45, 7) is 1.55. The van der Waals surface area contributed by atoms with Crippen LogP contribution in [0, 0.1) is 6.92 Å². The van der Waals surface area contributed by atoms with Gasteiger partial charge in [0.15, 0.2) is 12.4 Å². The van der Waals surface area contributed by atoms with Gasteiger partial charge in [0.1, 0.15) is 0 Å². The van der Waals surface area contributed by atoms with Crippen molar-refractivity contribution in [3.8, 4) is 0 Å². The van der Waals surface area contributed by atoms with Crippen LogP contribution in [0.3, 0.4) is 0 Å². The third-order valence-corrected chi connectivity index (χ3v) is 6.78. The van der Waals surface area contributed by atoms with Crippen LogP contribution >= 0.6 is 23.1 Å². The normalized spacial score (nSPS) is 12.1. The van der Waals surface area contributed by atoms with E-state index in [9.17, 15) is 14.4 Å². The van der Waals surface area contributed by atoms with E-state index in [0.717, 1.165) is 26.0 Å². The SMILES string of the molecule is Cc1ccc(C(=O)CCC(=O)OCC(=O)N2c3ccccc3Sc3ccccc32)s1. The molecule has 0 fully saturated rings. The van der Waals surface area contributed by atoms with Gasteiger partial charge in [0.2, 0.25) is 0 Å². The summed E-state index contributed by atoms with van der Waals surface area (Å²) in [7, 11) is 0. The zero-order chi connectivity index (χ0) is 21.1. The molecule has 30 heavy (non-hydrogen) atoms. The molecule has 7 heteroatoms. The van der Waals surface area contributed by atoms with Crippen LogP contribution in [0.4, 0.5) is 11.4 Å². The van der Waals surface area contributed by atoms with E-state index in [0.29, 0.717) is 4.88 Å². The fourth-order valence-corrected chi connectivity index (χ4v) is 5.07. The first-order valence-electron chi connectivity index (χ1n) is 9.47. The maximum absolute atomic E-state index is 13.0. The number of amides is 1. The number of fused-ring (bicyclic) bond motifs is 2. The molecule has 2 aromatic carbocycles. The Morgan fingerprint density at radius 1 is 0.867 bits per heavy atom. The zero-order valence-corrected chi connectivity index (χ0v) is 17.9. The van der Waals surface area contributed by atoms with Crippen molar-refractivity contribution in [2.45, 2.75) is 29.6 Å². The Morgan fingerprint density at radius 3 is 2.10 bits per heavy atom. The predicted molar refractivity (Wildman–Crippen MR) is 118 cm³/mol. The van der Waals surface area contributed by atoms with Crippen LogP contribution in [-0.2, 0) is 14.3 Å². The predicted octanol–water partition coefficient (Wildman–Crippen LogP) is 5.39. The standard InChI is InChI=1S/C23H19NO4S2/c1-15-10-12-21(29-15)18(25)11-13-23(27)28-14-22(26)24-16-6-2-4-8-19(16)30-20-9-5-3-7-17(20)24/h2-10,12H,11,13-14H2,1H3. The summed E-state index contributed by atoms with van der Waals surface area (Å²) >= 11 is 3.01. The molecule has 0 bridgehead atoms. The number of esters is 1. The van der Waals surface area contributed by atoms with Crippen molar-refractivity contribution in [3.63, 3.8) is 0 Å². The number of hydrogen-bond acceptors (Lipinski definition) is 6. The van der Waals surface area contributed by atoms with Crippen molar-refractivity contribution in [1.29, 1.82) is 0 Å². The number of hydrogen-bond donors (Lipinski definition) is 0. The van der Waals surface area contributed by atoms with E-state index in [4.69, 9.17) is 4.74 Å². The van der Waals surface area contributed by atoms with Gasteiger partial charge < -0.3 is 4.74 Å². The molecule has 152 valence electrons. The van der Waals surface area contributed by atoms with Gasteiger partial charge in [-0.25, -0.2) is 0 Å². The van der Waals surface area contributed by atoms with Gasteiger partial charge in [-0.1, -0.05) is 36.0 Å². The molecule has 1 aliphatic heterocycles. The molecular formula is C23H19NO4S2. The lowest BCUT2D eigenvalue weighted by atomic mass is 10.2. The average molecular weight is 438 g/mol. The molecule has 0 radical (unpaired) electrons. The fraction of sp³-hybridized carbons (Fsp3) is 0.174. The van der Waals surface area contributed by atoms with Crippen molar-refractivity contribution in [3.05, 3.63) is 70.4 Å². The number of para-hydroxylation sites is 2. The first kappa shape index (κ1) is 20.4. The lowest BCUT2D eigenvalue weighted by Crippen LogP contribution is -2.32. The fourth-order valence-electron chi connectivity index (χ4n) is 3.18. The Morgan fingerprint density at radius 2 is 1.50 bits per heavy atom. The van der Waals surface area contributed by atoms with E-state index < -0.39 is 5.97 Å². The number of carbonyl (C=O) groups is 3. The quantitative estimate of drug-likeness (QED) is 0.382. The summed E-state index contributed by atoms with van der Waals surface area (Å²) < 4.78 is 5.19.